The molecule has 30 heavy (non-hydrogen) atoms. The van der Waals surface area contributed by atoms with Crippen molar-refractivity contribution in [3.63, 3.8) is 0 Å². The van der Waals surface area contributed by atoms with Crippen molar-refractivity contribution in [1.29, 1.82) is 0 Å². The first kappa shape index (κ1) is 21.6. The largest absolute Gasteiger partial charge is 0.433 e. The smallest absolute Gasteiger partial charge is 0.384 e. The number of imidazole rings is 1. The number of aliphatic hydroxyl groups is 1. The highest BCUT2D eigenvalue weighted by Crippen LogP contribution is 2.31. The summed E-state index contributed by atoms with van der Waals surface area (Å²) in [6.07, 6.45) is -5.72. The second kappa shape index (κ2) is 7.94. The molecule has 0 spiro atoms. The zero-order valence-corrected chi connectivity index (χ0v) is 15.1. The minimum atomic E-state index is -4.76. The van der Waals surface area contributed by atoms with Crippen LogP contribution in [0, 0.1) is 5.82 Å². The van der Waals surface area contributed by atoms with Gasteiger partial charge in [0.15, 0.2) is 5.65 Å². The maximum absolute atomic E-state index is 13.3. The first-order valence-corrected chi connectivity index (χ1v) is 8.43. The van der Waals surface area contributed by atoms with Gasteiger partial charge in [-0.3, -0.25) is 14.7 Å². The average molecular weight is 432 g/mol. The first-order chi connectivity index (χ1) is 14.1. The number of carbonyl (C=O) groups is 1. The van der Waals surface area contributed by atoms with Crippen molar-refractivity contribution in [1.82, 2.24) is 14.5 Å². The van der Waals surface area contributed by atoms with E-state index in [0.717, 1.165) is 22.8 Å². The van der Waals surface area contributed by atoms with Crippen LogP contribution in [0.2, 0.25) is 0 Å². The Kier molecular flexibility index (Phi) is 5.70. The zero-order chi connectivity index (χ0) is 22.1. The molecule has 0 saturated heterocycles. The van der Waals surface area contributed by atoms with Gasteiger partial charge in [0.25, 0.3) is 0 Å². The Balaban J connectivity index is 2.10. The van der Waals surface area contributed by atoms with Crippen LogP contribution >= 0.6 is 0 Å². The number of aromatic nitrogens is 3. The van der Waals surface area contributed by atoms with Crippen LogP contribution < -0.4 is 5.32 Å². The molecule has 1 aromatic carbocycles. The van der Waals surface area contributed by atoms with Crippen molar-refractivity contribution in [2.45, 2.75) is 18.2 Å². The van der Waals surface area contributed by atoms with Crippen molar-refractivity contribution in [2.24, 2.45) is 0 Å². The molecule has 2 aromatic heterocycles. The van der Waals surface area contributed by atoms with Gasteiger partial charge in [0.05, 0.1) is 12.1 Å². The van der Waals surface area contributed by atoms with E-state index >= 15 is 0 Å². The van der Waals surface area contributed by atoms with E-state index in [1.165, 1.54) is 12.1 Å². The molecule has 3 rings (SSSR count). The Hall–Kier alpha value is -3.15. The third-order valence-electron chi connectivity index (χ3n) is 4.12. The average Bonchev–Trinajstić information content (AvgIpc) is 3.04. The summed E-state index contributed by atoms with van der Waals surface area (Å²) >= 11 is 0. The summed E-state index contributed by atoms with van der Waals surface area (Å²) in [6, 6.07) is 6.22. The number of fused-ring (bicyclic) bond motifs is 1. The molecular formula is C18H14F6N4O2. The Morgan fingerprint density at radius 1 is 1.03 bits per heavy atom. The molecule has 0 aliphatic carbocycles. The highest BCUT2D eigenvalue weighted by Gasteiger charge is 2.34. The van der Waals surface area contributed by atoms with Crippen LogP contribution in [0.15, 0.2) is 36.4 Å². The molecule has 160 valence electrons. The molecule has 0 unspecified atom stereocenters. The summed E-state index contributed by atoms with van der Waals surface area (Å²) in [7, 11) is 0. The van der Waals surface area contributed by atoms with Crippen LogP contribution in [0.5, 0.6) is 0 Å². The van der Waals surface area contributed by atoms with Crippen LogP contribution in [0.3, 0.4) is 0 Å². The number of nitrogens with one attached hydrogen (secondary N) is 1. The molecule has 0 bridgehead atoms. The minimum Gasteiger partial charge on any atom is -0.384 e. The van der Waals surface area contributed by atoms with Gasteiger partial charge in [-0.25, -0.2) is 23.1 Å². The maximum Gasteiger partial charge on any atom is 0.433 e. The standard InChI is InChI=1S/C18H14F6N4O2/c19-8-17(30,9-20)7-14(29)27-16-25-12-5-6-13(18(22,23)24)26-15(12)28(16)11-3-1-10(21)2-4-11/h1-6,30H,7-9H2,(H,25,27,29). The van der Waals surface area contributed by atoms with Gasteiger partial charge < -0.3 is 5.11 Å². The molecule has 0 aliphatic heterocycles. The Labute approximate surface area is 165 Å². The number of halogens is 6. The van der Waals surface area contributed by atoms with E-state index in [-0.39, 0.29) is 22.8 Å². The number of hydrogen-bond acceptors (Lipinski definition) is 4. The highest BCUT2D eigenvalue weighted by atomic mass is 19.4. The second-order valence-corrected chi connectivity index (χ2v) is 6.50. The first-order valence-electron chi connectivity index (χ1n) is 8.43. The van der Waals surface area contributed by atoms with Gasteiger partial charge in [0.2, 0.25) is 11.9 Å². The fourth-order valence-corrected chi connectivity index (χ4v) is 2.63. The Morgan fingerprint density at radius 3 is 2.23 bits per heavy atom. The van der Waals surface area contributed by atoms with Gasteiger partial charge in [-0.1, -0.05) is 0 Å². The maximum atomic E-state index is 13.3. The number of rotatable bonds is 6. The van der Waals surface area contributed by atoms with Crippen LogP contribution in [0.4, 0.5) is 32.3 Å². The summed E-state index contributed by atoms with van der Waals surface area (Å²) < 4.78 is 79.1. The van der Waals surface area contributed by atoms with E-state index in [0.29, 0.717) is 6.07 Å². The summed E-state index contributed by atoms with van der Waals surface area (Å²) in [6.45, 7) is -3.05. The fourth-order valence-electron chi connectivity index (χ4n) is 2.63. The number of carbonyl (C=O) groups excluding carboxylic acids is 1. The van der Waals surface area contributed by atoms with E-state index in [9.17, 15) is 36.2 Å². The van der Waals surface area contributed by atoms with Gasteiger partial charge in [-0.15, -0.1) is 0 Å². The van der Waals surface area contributed by atoms with Crippen molar-refractivity contribution in [3.8, 4) is 5.69 Å². The lowest BCUT2D eigenvalue weighted by molar-refractivity contribution is -0.141. The van der Waals surface area contributed by atoms with Gasteiger partial charge in [0.1, 0.15) is 36.0 Å². The molecule has 0 atom stereocenters. The third-order valence-corrected chi connectivity index (χ3v) is 4.12. The predicted octanol–water partition coefficient (Wildman–Crippen LogP) is 3.58. The topological polar surface area (TPSA) is 80.0 Å². The SMILES string of the molecule is O=C(CC(O)(CF)CF)Nc1nc2ccc(C(F)(F)F)nc2n1-c1ccc(F)cc1. The van der Waals surface area contributed by atoms with Crippen LogP contribution in [0.25, 0.3) is 16.9 Å². The Morgan fingerprint density at radius 2 is 1.67 bits per heavy atom. The predicted molar refractivity (Wildman–Crippen MR) is 94.0 cm³/mol. The molecule has 3 aromatic rings. The van der Waals surface area contributed by atoms with Crippen molar-refractivity contribution in [2.75, 3.05) is 18.7 Å². The van der Waals surface area contributed by atoms with Crippen LogP contribution in [0.1, 0.15) is 12.1 Å². The van der Waals surface area contributed by atoms with E-state index in [2.05, 4.69) is 15.3 Å². The molecule has 0 saturated carbocycles. The third kappa shape index (κ3) is 4.37. The number of hydrogen-bond donors (Lipinski definition) is 2. The van der Waals surface area contributed by atoms with E-state index in [4.69, 9.17) is 0 Å². The van der Waals surface area contributed by atoms with E-state index in [1.807, 2.05) is 0 Å². The lowest BCUT2D eigenvalue weighted by Gasteiger charge is -2.20. The number of nitrogens with zero attached hydrogens (tertiary/aromatic N) is 3. The number of benzene rings is 1. The lowest BCUT2D eigenvalue weighted by atomic mass is 10.0. The normalized spacial score (nSPS) is 12.4. The van der Waals surface area contributed by atoms with Gasteiger partial charge >= 0.3 is 6.18 Å². The quantitative estimate of drug-likeness (QED) is 0.584. The second-order valence-electron chi connectivity index (χ2n) is 6.50. The molecule has 0 fully saturated rings. The van der Waals surface area contributed by atoms with Crippen molar-refractivity contribution in [3.05, 3.63) is 47.9 Å². The highest BCUT2D eigenvalue weighted by molar-refractivity contribution is 5.92. The minimum absolute atomic E-state index is 0.0335. The summed E-state index contributed by atoms with van der Waals surface area (Å²) in [5.74, 6) is -1.98. The van der Waals surface area contributed by atoms with E-state index in [1.54, 1.807) is 0 Å². The monoisotopic (exact) mass is 432 g/mol. The molecule has 12 heteroatoms. The number of anilines is 1. The molecule has 1 amide bonds. The van der Waals surface area contributed by atoms with Gasteiger partial charge in [-0.2, -0.15) is 13.2 Å². The number of alkyl halides is 5. The van der Waals surface area contributed by atoms with Crippen LogP contribution in [-0.4, -0.2) is 44.5 Å². The van der Waals surface area contributed by atoms with Crippen LogP contribution in [-0.2, 0) is 11.0 Å². The van der Waals surface area contributed by atoms with E-state index < -0.39 is 49.0 Å². The molecule has 2 N–H and O–H groups in total. The lowest BCUT2D eigenvalue weighted by Crippen LogP contribution is -2.38. The zero-order valence-electron chi connectivity index (χ0n) is 15.1. The molecule has 2 heterocycles. The van der Waals surface area contributed by atoms with Crippen molar-refractivity contribution < 1.29 is 36.2 Å². The van der Waals surface area contributed by atoms with Crippen molar-refractivity contribution >= 4 is 23.0 Å². The molecule has 6 nitrogen and oxygen atoms in total. The number of amides is 1. The summed E-state index contributed by atoms with van der Waals surface area (Å²) in [5.41, 5.74) is -3.97. The van der Waals surface area contributed by atoms with Gasteiger partial charge in [-0.05, 0) is 36.4 Å². The Bertz CT molecular complexity index is 1060. The molecular weight excluding hydrogens is 418 g/mol. The summed E-state index contributed by atoms with van der Waals surface area (Å²) in [5, 5.41) is 11.8. The summed E-state index contributed by atoms with van der Waals surface area (Å²) in [4.78, 5) is 19.7. The molecule has 0 aliphatic rings. The fraction of sp³-hybridized carbons (Fsp3) is 0.278. The van der Waals surface area contributed by atoms with Gasteiger partial charge in [0, 0.05) is 0 Å². The number of pyridine rings is 1. The molecule has 0 radical (unpaired) electrons.